The van der Waals surface area contributed by atoms with Gasteiger partial charge in [0.25, 0.3) is 5.09 Å². The summed E-state index contributed by atoms with van der Waals surface area (Å²) in [6.45, 7) is 0. The van der Waals surface area contributed by atoms with Crippen molar-refractivity contribution in [1.29, 1.82) is 0 Å². The first-order chi connectivity index (χ1) is 10.6. The number of rotatable bonds is 3. The molecule has 6 nitrogen and oxygen atoms in total. The van der Waals surface area contributed by atoms with E-state index in [0.717, 1.165) is 6.42 Å². The van der Waals surface area contributed by atoms with E-state index >= 15 is 0 Å². The Hall–Kier alpha value is -1.72. The highest BCUT2D eigenvalue weighted by Crippen LogP contribution is 2.63. The van der Waals surface area contributed by atoms with E-state index < -0.39 is 17.1 Å². The Morgan fingerprint density at radius 1 is 1.14 bits per heavy atom. The average Bonchev–Trinajstić information content (AvgIpc) is 3.09. The lowest BCUT2D eigenvalue weighted by atomic mass is 9.72. The third-order valence-corrected chi connectivity index (χ3v) is 6.27. The first kappa shape index (κ1) is 13.9. The number of nitrogens with zero attached hydrogens (tertiary/aromatic N) is 1. The number of hydrogen-bond acceptors (Lipinski definition) is 5. The van der Waals surface area contributed by atoms with Crippen LogP contribution in [0.2, 0.25) is 0 Å². The summed E-state index contributed by atoms with van der Waals surface area (Å²) < 4.78 is 0. The highest BCUT2D eigenvalue weighted by molar-refractivity contribution is 6.04. The van der Waals surface area contributed by atoms with Crippen LogP contribution in [-0.2, 0) is 14.4 Å². The van der Waals surface area contributed by atoms with Crippen LogP contribution in [0.5, 0.6) is 0 Å². The van der Waals surface area contributed by atoms with Crippen molar-refractivity contribution in [1.82, 2.24) is 0 Å². The van der Waals surface area contributed by atoms with Gasteiger partial charge in [0.1, 0.15) is 17.7 Å². The fourth-order valence-electron chi connectivity index (χ4n) is 5.70. The number of hydrogen-bond donors (Lipinski definition) is 0. The molecule has 0 heterocycles. The van der Waals surface area contributed by atoms with Gasteiger partial charge in [0.15, 0.2) is 0 Å². The van der Waals surface area contributed by atoms with Crippen LogP contribution in [0, 0.1) is 45.6 Å². The molecule has 3 fully saturated rings. The van der Waals surface area contributed by atoms with Crippen LogP contribution in [-0.4, -0.2) is 22.8 Å². The van der Waals surface area contributed by atoms with Crippen LogP contribution in [0.1, 0.15) is 32.1 Å². The zero-order valence-electron chi connectivity index (χ0n) is 12.2. The first-order valence-electron chi connectivity index (χ1n) is 8.11. The molecule has 0 unspecified atom stereocenters. The molecule has 4 aliphatic carbocycles. The van der Waals surface area contributed by atoms with E-state index in [0.29, 0.717) is 31.6 Å². The third-order valence-electron chi connectivity index (χ3n) is 6.27. The summed E-state index contributed by atoms with van der Waals surface area (Å²) in [5.41, 5.74) is 0. The van der Waals surface area contributed by atoms with Crippen LogP contribution in [0.4, 0.5) is 0 Å². The van der Waals surface area contributed by atoms with E-state index in [1.54, 1.807) is 0 Å². The molecule has 0 spiro atoms. The van der Waals surface area contributed by atoms with Crippen molar-refractivity contribution in [3.8, 4) is 0 Å². The molecule has 0 radical (unpaired) electrons. The van der Waals surface area contributed by atoms with Crippen molar-refractivity contribution in [3.05, 3.63) is 22.3 Å². The minimum atomic E-state index is -0.722. The van der Waals surface area contributed by atoms with Crippen LogP contribution in [0.25, 0.3) is 0 Å². The highest BCUT2D eigenvalue weighted by Gasteiger charge is 2.63. The lowest BCUT2D eigenvalue weighted by molar-refractivity contribution is -0.770. The summed E-state index contributed by atoms with van der Waals surface area (Å²) in [4.78, 5) is 40.4. The van der Waals surface area contributed by atoms with Gasteiger partial charge in [-0.25, -0.2) is 0 Å². The molecular formula is C16H19NO5. The molecule has 0 aliphatic heterocycles. The predicted octanol–water partition coefficient (Wildman–Crippen LogP) is 1.96. The number of allylic oxidation sites excluding steroid dienone is 2. The van der Waals surface area contributed by atoms with E-state index in [9.17, 15) is 19.7 Å². The topological polar surface area (TPSA) is 86.5 Å². The second-order valence-electron chi connectivity index (χ2n) is 7.09. The lowest BCUT2D eigenvalue weighted by Gasteiger charge is -2.30. The summed E-state index contributed by atoms with van der Waals surface area (Å²) >= 11 is 0. The zero-order valence-corrected chi connectivity index (χ0v) is 12.2. The maximum atomic E-state index is 12.3. The van der Waals surface area contributed by atoms with Crippen LogP contribution in [0.15, 0.2) is 12.2 Å². The van der Waals surface area contributed by atoms with Crippen molar-refractivity contribution >= 4 is 11.6 Å². The van der Waals surface area contributed by atoms with Crippen LogP contribution < -0.4 is 0 Å². The Morgan fingerprint density at radius 3 is 2.55 bits per heavy atom. The smallest absolute Gasteiger partial charge is 0.294 e. The molecule has 6 heteroatoms. The fourth-order valence-corrected chi connectivity index (χ4v) is 5.70. The van der Waals surface area contributed by atoms with Gasteiger partial charge in [0.2, 0.25) is 0 Å². The Labute approximate surface area is 128 Å². The summed E-state index contributed by atoms with van der Waals surface area (Å²) in [5, 5.41) is 10.0. The minimum Gasteiger partial charge on any atom is -0.310 e. The Bertz CT molecular complexity index is 555. The van der Waals surface area contributed by atoms with Crippen molar-refractivity contribution in [2.45, 2.75) is 38.2 Å². The second-order valence-corrected chi connectivity index (χ2v) is 7.09. The Morgan fingerprint density at radius 2 is 1.86 bits per heavy atom. The van der Waals surface area contributed by atoms with Crippen molar-refractivity contribution < 1.29 is 19.5 Å². The van der Waals surface area contributed by atoms with E-state index in [1.807, 2.05) is 0 Å². The predicted molar refractivity (Wildman–Crippen MR) is 75.0 cm³/mol. The number of carbonyl (C=O) groups is 2. The molecule has 6 atom stereocenters. The molecule has 0 amide bonds. The standard InChI is InChI=1S/C16H19NO5/c18-11-5-2-6-12(19)16(11)15-10-7-13(22-17(20)21)14(15)9-4-1-3-8(9)10/h1,4,8-10,13-16H,2-3,5-7H2/t8-,9+,10+,13-,14+,15+/m1/s1. The molecule has 0 aromatic rings. The van der Waals surface area contributed by atoms with Gasteiger partial charge in [-0.3, -0.25) is 9.59 Å². The number of Topliss-reactive ketones (excluding diaryl/α,β-unsaturated/α-hetero) is 2. The molecule has 22 heavy (non-hydrogen) atoms. The van der Waals surface area contributed by atoms with Gasteiger partial charge in [-0.2, -0.15) is 0 Å². The molecule has 0 N–H and O–H groups in total. The van der Waals surface area contributed by atoms with E-state index in [-0.39, 0.29) is 35.2 Å². The van der Waals surface area contributed by atoms with Gasteiger partial charge in [0, 0.05) is 12.8 Å². The Balaban J connectivity index is 1.67. The van der Waals surface area contributed by atoms with E-state index in [1.165, 1.54) is 0 Å². The molecule has 118 valence electrons. The van der Waals surface area contributed by atoms with Gasteiger partial charge in [-0.1, -0.05) is 12.2 Å². The van der Waals surface area contributed by atoms with Gasteiger partial charge >= 0.3 is 0 Å². The maximum absolute atomic E-state index is 12.3. The number of carbonyl (C=O) groups excluding carboxylic acids is 2. The fraction of sp³-hybridized carbons (Fsp3) is 0.750. The first-order valence-corrected chi connectivity index (χ1v) is 8.11. The van der Waals surface area contributed by atoms with Gasteiger partial charge < -0.3 is 4.84 Å². The monoisotopic (exact) mass is 305 g/mol. The van der Waals surface area contributed by atoms with E-state index in [2.05, 4.69) is 12.2 Å². The van der Waals surface area contributed by atoms with E-state index in [4.69, 9.17) is 4.84 Å². The normalized spacial score (nSPS) is 43.6. The third kappa shape index (κ3) is 1.85. The molecule has 4 aliphatic rings. The lowest BCUT2D eigenvalue weighted by Crippen LogP contribution is -2.39. The number of fused-ring (bicyclic) bond motifs is 5. The highest BCUT2D eigenvalue weighted by atomic mass is 17.0. The Kier molecular flexibility index (Phi) is 3.09. The average molecular weight is 305 g/mol. The van der Waals surface area contributed by atoms with Crippen molar-refractivity contribution in [3.63, 3.8) is 0 Å². The van der Waals surface area contributed by atoms with Crippen molar-refractivity contribution in [2.75, 3.05) is 0 Å². The molecule has 4 rings (SSSR count). The number of ketones is 2. The zero-order chi connectivity index (χ0) is 15.4. The molecular weight excluding hydrogens is 286 g/mol. The maximum Gasteiger partial charge on any atom is 0.294 e. The van der Waals surface area contributed by atoms with Gasteiger partial charge in [-0.15, -0.1) is 10.1 Å². The summed E-state index contributed by atoms with van der Waals surface area (Å²) in [7, 11) is 0. The van der Waals surface area contributed by atoms with Crippen LogP contribution in [0.3, 0.4) is 0 Å². The van der Waals surface area contributed by atoms with Gasteiger partial charge in [-0.05, 0) is 48.9 Å². The molecule has 2 bridgehead atoms. The SMILES string of the molecule is O=C1CCCC(=O)C1[C@H]1[C@H]2C[C@@H](O[N+](=O)[O-])[C@@H]1[C@H]1C=CC[C@H]12. The minimum absolute atomic E-state index is 0.0435. The molecule has 0 aromatic heterocycles. The molecule has 3 saturated carbocycles. The molecule has 0 saturated heterocycles. The molecule has 0 aromatic carbocycles. The van der Waals surface area contributed by atoms with Gasteiger partial charge in [0.05, 0.1) is 5.92 Å². The summed E-state index contributed by atoms with van der Waals surface area (Å²) in [5.74, 6) is 0.304. The largest absolute Gasteiger partial charge is 0.310 e. The van der Waals surface area contributed by atoms with Crippen molar-refractivity contribution in [2.24, 2.45) is 35.5 Å². The quantitative estimate of drug-likeness (QED) is 0.344. The van der Waals surface area contributed by atoms with Crippen LogP contribution >= 0.6 is 0 Å². The summed E-state index contributed by atoms with van der Waals surface area (Å²) in [6.07, 6.45) is 6.95. The summed E-state index contributed by atoms with van der Waals surface area (Å²) in [6, 6.07) is 0. The second kappa shape index (κ2) is 4.89.